The summed E-state index contributed by atoms with van der Waals surface area (Å²) in [7, 11) is 0. The van der Waals surface area contributed by atoms with Crippen LogP contribution in [-0.4, -0.2) is 47.8 Å². The van der Waals surface area contributed by atoms with Crippen LogP contribution < -0.4 is 0 Å². The molecule has 4 nitrogen and oxygen atoms in total. The van der Waals surface area contributed by atoms with E-state index in [2.05, 4.69) is 41.5 Å². The van der Waals surface area contributed by atoms with Crippen LogP contribution in [0.2, 0.25) is 0 Å². The molecule has 0 heterocycles. The summed E-state index contributed by atoms with van der Waals surface area (Å²) in [4.78, 5) is 0. The summed E-state index contributed by atoms with van der Waals surface area (Å²) < 4.78 is 10.5. The van der Waals surface area contributed by atoms with Crippen molar-refractivity contribution in [1.82, 2.24) is 0 Å². The highest BCUT2D eigenvalue weighted by Crippen LogP contribution is 2.17. The number of aliphatic hydroxyl groups excluding tert-OH is 2. The minimum atomic E-state index is -0.125. The second-order valence-corrected chi connectivity index (χ2v) is 5.56. The van der Waals surface area contributed by atoms with E-state index in [9.17, 15) is 0 Å². The molecule has 0 atom stereocenters. The molecule has 0 unspecified atom stereocenters. The molecule has 0 aliphatic carbocycles. The van der Waals surface area contributed by atoms with Gasteiger partial charge in [0.1, 0.15) is 0 Å². The van der Waals surface area contributed by atoms with Crippen LogP contribution in [0.15, 0.2) is 0 Å². The van der Waals surface area contributed by atoms with E-state index in [0.717, 1.165) is 13.2 Å². The van der Waals surface area contributed by atoms with Crippen molar-refractivity contribution in [1.29, 1.82) is 0 Å². The van der Waals surface area contributed by atoms with Gasteiger partial charge in [-0.2, -0.15) is 0 Å². The van der Waals surface area contributed by atoms with Gasteiger partial charge in [-0.1, -0.05) is 0 Å². The Morgan fingerprint density at radius 3 is 1.00 bits per heavy atom. The lowest BCUT2D eigenvalue weighted by Crippen LogP contribution is -2.31. The average Bonchev–Trinajstić information content (AvgIpc) is 2.15. The van der Waals surface area contributed by atoms with Gasteiger partial charge in [0.2, 0.25) is 0 Å². The van der Waals surface area contributed by atoms with Gasteiger partial charge in [-0.05, 0) is 55.4 Å². The van der Waals surface area contributed by atoms with Gasteiger partial charge in [0.25, 0.3) is 0 Å². The summed E-state index contributed by atoms with van der Waals surface area (Å²) in [5.74, 6) is 0. The number of rotatable bonds is 3. The van der Waals surface area contributed by atoms with Crippen molar-refractivity contribution in [2.75, 3.05) is 26.4 Å². The average molecular weight is 266 g/mol. The van der Waals surface area contributed by atoms with E-state index in [4.69, 9.17) is 19.7 Å². The number of aliphatic hydroxyl groups is 2. The lowest BCUT2D eigenvalue weighted by molar-refractivity contribution is -0.102. The summed E-state index contributed by atoms with van der Waals surface area (Å²) in [5.41, 5.74) is -0.0312. The van der Waals surface area contributed by atoms with Crippen LogP contribution >= 0.6 is 0 Å². The Morgan fingerprint density at radius 2 is 1.00 bits per heavy atom. The molecular weight excluding hydrogens is 232 g/mol. The van der Waals surface area contributed by atoms with E-state index in [1.54, 1.807) is 0 Å². The maximum Gasteiger partial charge on any atom is 0.0662 e. The molecule has 0 bridgehead atoms. The summed E-state index contributed by atoms with van der Waals surface area (Å²) in [6.07, 6.45) is 0. The van der Waals surface area contributed by atoms with Crippen LogP contribution in [-0.2, 0) is 9.47 Å². The van der Waals surface area contributed by atoms with Crippen molar-refractivity contribution in [3.63, 3.8) is 0 Å². The SMILES string of the molecule is CC(C)(C)OC(C)(C)C.CCOCC.OCCO. The Hall–Kier alpha value is -0.160. The second-order valence-electron chi connectivity index (χ2n) is 5.56. The number of hydrogen-bond acceptors (Lipinski definition) is 4. The first kappa shape index (κ1) is 23.0. The third-order valence-corrected chi connectivity index (χ3v) is 1.12. The molecule has 0 aromatic rings. The number of hydrogen-bond donors (Lipinski definition) is 2. The third-order valence-electron chi connectivity index (χ3n) is 1.12. The fourth-order valence-corrected chi connectivity index (χ4v) is 1.12. The molecular formula is C14H34O4. The highest BCUT2D eigenvalue weighted by atomic mass is 16.5. The van der Waals surface area contributed by atoms with Crippen molar-refractivity contribution < 1.29 is 19.7 Å². The topological polar surface area (TPSA) is 58.9 Å². The first-order chi connectivity index (χ1) is 8.04. The van der Waals surface area contributed by atoms with Gasteiger partial charge < -0.3 is 19.7 Å². The van der Waals surface area contributed by atoms with Crippen molar-refractivity contribution in [3.05, 3.63) is 0 Å². The fourth-order valence-electron chi connectivity index (χ4n) is 1.12. The molecule has 0 rings (SSSR count). The van der Waals surface area contributed by atoms with E-state index >= 15 is 0 Å². The van der Waals surface area contributed by atoms with E-state index in [0.29, 0.717) is 0 Å². The normalized spacial score (nSPS) is 11.0. The minimum absolute atomic E-state index is 0.0156. The molecule has 0 aliphatic heterocycles. The predicted octanol–water partition coefficient (Wildman–Crippen LogP) is 2.61. The molecule has 0 amide bonds. The van der Waals surface area contributed by atoms with Gasteiger partial charge in [0.15, 0.2) is 0 Å². The molecule has 0 saturated heterocycles. The maximum atomic E-state index is 7.62. The fraction of sp³-hybridized carbons (Fsp3) is 1.00. The van der Waals surface area contributed by atoms with Crippen LogP contribution in [0.1, 0.15) is 55.4 Å². The smallest absolute Gasteiger partial charge is 0.0662 e. The van der Waals surface area contributed by atoms with Crippen LogP contribution in [0.4, 0.5) is 0 Å². The molecule has 0 fully saturated rings. The molecule has 0 spiro atoms. The van der Waals surface area contributed by atoms with E-state index < -0.39 is 0 Å². The van der Waals surface area contributed by atoms with Crippen molar-refractivity contribution in [2.45, 2.75) is 66.6 Å². The Bertz CT molecular complexity index is 129. The molecule has 2 N–H and O–H groups in total. The zero-order chi connectivity index (χ0) is 15.2. The van der Waals surface area contributed by atoms with Gasteiger partial charge in [-0.3, -0.25) is 0 Å². The Balaban J connectivity index is -0.000000212. The zero-order valence-corrected chi connectivity index (χ0v) is 13.5. The Kier molecular flexibility index (Phi) is 16.9. The minimum Gasteiger partial charge on any atom is -0.394 e. The highest BCUT2D eigenvalue weighted by molar-refractivity contribution is 4.68. The zero-order valence-electron chi connectivity index (χ0n) is 13.5. The molecule has 18 heavy (non-hydrogen) atoms. The molecule has 0 saturated carbocycles. The first-order valence-electron chi connectivity index (χ1n) is 6.53. The van der Waals surface area contributed by atoms with E-state index in [-0.39, 0.29) is 24.4 Å². The lowest BCUT2D eigenvalue weighted by atomic mass is 10.1. The first-order valence-corrected chi connectivity index (χ1v) is 6.53. The van der Waals surface area contributed by atoms with E-state index in [1.807, 2.05) is 13.8 Å². The maximum absolute atomic E-state index is 7.62. The highest BCUT2D eigenvalue weighted by Gasteiger charge is 2.19. The molecule has 0 aromatic carbocycles. The standard InChI is InChI=1S/C8H18O.C4H10O.C2H6O2/c1-7(2,3)9-8(4,5)6;1-3-5-4-2;3-1-2-4/h1-6H3;3-4H2,1-2H3;3-4H,1-2H2. The Labute approximate surface area is 113 Å². The molecule has 0 aliphatic rings. The second kappa shape index (κ2) is 13.3. The van der Waals surface area contributed by atoms with E-state index in [1.165, 1.54) is 0 Å². The van der Waals surface area contributed by atoms with Crippen molar-refractivity contribution >= 4 is 0 Å². The van der Waals surface area contributed by atoms with Crippen LogP contribution in [0.5, 0.6) is 0 Å². The van der Waals surface area contributed by atoms with Crippen molar-refractivity contribution in [2.24, 2.45) is 0 Å². The van der Waals surface area contributed by atoms with Gasteiger partial charge in [-0.15, -0.1) is 0 Å². The summed E-state index contributed by atoms with van der Waals surface area (Å²) in [6.45, 7) is 17.8. The van der Waals surface area contributed by atoms with Crippen molar-refractivity contribution in [3.8, 4) is 0 Å². The van der Waals surface area contributed by atoms with Gasteiger partial charge in [0, 0.05) is 13.2 Å². The molecule has 4 heteroatoms. The quantitative estimate of drug-likeness (QED) is 0.824. The molecule has 114 valence electrons. The van der Waals surface area contributed by atoms with Crippen LogP contribution in [0.3, 0.4) is 0 Å². The van der Waals surface area contributed by atoms with Crippen LogP contribution in [0.25, 0.3) is 0 Å². The summed E-state index contributed by atoms with van der Waals surface area (Å²) >= 11 is 0. The lowest BCUT2D eigenvalue weighted by Gasteiger charge is -2.30. The largest absolute Gasteiger partial charge is 0.394 e. The molecule has 0 aromatic heterocycles. The number of ether oxygens (including phenoxy) is 2. The Morgan fingerprint density at radius 1 is 0.722 bits per heavy atom. The monoisotopic (exact) mass is 266 g/mol. The van der Waals surface area contributed by atoms with Gasteiger partial charge in [0.05, 0.1) is 24.4 Å². The summed E-state index contributed by atoms with van der Waals surface area (Å²) in [5, 5.41) is 15.2. The van der Waals surface area contributed by atoms with Gasteiger partial charge in [-0.25, -0.2) is 0 Å². The predicted molar refractivity (Wildman–Crippen MR) is 76.9 cm³/mol. The van der Waals surface area contributed by atoms with Crippen LogP contribution in [0, 0.1) is 0 Å². The third kappa shape index (κ3) is 44.6. The van der Waals surface area contributed by atoms with Gasteiger partial charge >= 0.3 is 0 Å². The summed E-state index contributed by atoms with van der Waals surface area (Å²) in [6, 6.07) is 0. The molecule has 0 radical (unpaired) electrons.